The molecule has 3 amide bonds. The van der Waals surface area contributed by atoms with Crippen molar-refractivity contribution in [1.82, 2.24) is 14.8 Å². The number of amides is 3. The molecule has 52 heavy (non-hydrogen) atoms. The lowest BCUT2D eigenvalue weighted by Crippen LogP contribution is -2.60. The first-order valence-electron chi connectivity index (χ1n) is 18.3. The number of likely N-dealkylation sites (tertiary alicyclic amines) is 1. The van der Waals surface area contributed by atoms with Gasteiger partial charge in [0.15, 0.2) is 5.76 Å². The molecule has 2 bridgehead atoms. The number of fused-ring (bicyclic) bond motifs is 5. The van der Waals surface area contributed by atoms with Crippen LogP contribution in [0.25, 0.3) is 44.5 Å². The summed E-state index contributed by atoms with van der Waals surface area (Å²) in [7, 11) is 1.62. The van der Waals surface area contributed by atoms with E-state index in [9.17, 15) is 14.4 Å². The molecule has 3 atom stereocenters. The molecule has 2 saturated carbocycles. The maximum absolute atomic E-state index is 14.6. The van der Waals surface area contributed by atoms with Crippen molar-refractivity contribution in [1.29, 1.82) is 0 Å². The van der Waals surface area contributed by atoms with Gasteiger partial charge in [0.1, 0.15) is 17.4 Å². The second-order valence-corrected chi connectivity index (χ2v) is 16.3. The zero-order chi connectivity index (χ0) is 36.3. The summed E-state index contributed by atoms with van der Waals surface area (Å²) in [6.45, 7) is 10.3. The Bertz CT molecular complexity index is 2340. The van der Waals surface area contributed by atoms with Gasteiger partial charge in [0, 0.05) is 53.1 Å². The lowest BCUT2D eigenvalue weighted by Gasteiger charge is -2.49. The molecule has 3 fully saturated rings. The van der Waals surface area contributed by atoms with Crippen molar-refractivity contribution >= 4 is 39.8 Å². The van der Waals surface area contributed by atoms with E-state index >= 15 is 0 Å². The molecule has 2 aliphatic carbocycles. The minimum absolute atomic E-state index is 0.0189. The van der Waals surface area contributed by atoms with Gasteiger partial charge in [-0.25, -0.2) is 4.79 Å². The fourth-order valence-electron chi connectivity index (χ4n) is 9.57. The van der Waals surface area contributed by atoms with Gasteiger partial charge in [0.25, 0.3) is 11.8 Å². The van der Waals surface area contributed by atoms with Crippen LogP contribution in [0.1, 0.15) is 78.3 Å². The maximum Gasteiger partial charge on any atom is 0.404 e. The number of piperidine rings is 1. The molecule has 10 heteroatoms. The Morgan fingerprint density at radius 1 is 1.04 bits per heavy atom. The predicted molar refractivity (Wildman–Crippen MR) is 198 cm³/mol. The van der Waals surface area contributed by atoms with Gasteiger partial charge in [0.05, 0.1) is 23.7 Å². The number of hydrogen-bond acceptors (Lipinski definition) is 6. The number of nitrogens with zero attached hydrogens (tertiary/aromatic N) is 2. The summed E-state index contributed by atoms with van der Waals surface area (Å²) >= 11 is 0. The van der Waals surface area contributed by atoms with Crippen molar-refractivity contribution in [2.75, 3.05) is 13.7 Å². The third-order valence-electron chi connectivity index (χ3n) is 12.3. The Hall–Kier alpha value is -5.25. The number of nitrogens with one attached hydrogen (secondary N) is 1. The number of carbonyl (C=O) groups is 3. The van der Waals surface area contributed by atoms with Crippen LogP contribution in [0.2, 0.25) is 0 Å². The van der Waals surface area contributed by atoms with Crippen molar-refractivity contribution in [3.05, 3.63) is 76.9 Å². The van der Waals surface area contributed by atoms with Gasteiger partial charge in [-0.3, -0.25) is 9.59 Å². The molecule has 2 unspecified atom stereocenters. The molecular formula is C42H44N4O6. The first-order chi connectivity index (χ1) is 24.9. The van der Waals surface area contributed by atoms with Gasteiger partial charge in [-0.15, -0.1) is 0 Å². The second kappa shape index (κ2) is 11.4. The van der Waals surface area contributed by atoms with Crippen molar-refractivity contribution in [2.24, 2.45) is 23.0 Å². The summed E-state index contributed by atoms with van der Waals surface area (Å²) < 4.78 is 20.8. The van der Waals surface area contributed by atoms with Gasteiger partial charge < -0.3 is 34.4 Å². The number of furan rings is 1. The highest BCUT2D eigenvalue weighted by molar-refractivity contribution is 6.03. The standard InChI is InChI=1S/C42H44N4O6/c1-22-35-33(50-5)17-28(39(48)46-21-27-12-13-42(46,41(2,3)4)37(27)52-40(43)49)18-34(35)51-36(22)32-16-26-9-8-25(15-31(26)45(32)20-23-6-7-23)24-10-11-30-29(14-24)19-44-38(30)47/h8-11,14-18,23,27,37H,6-7,12-13,19-21H2,1-5H3,(H2,43,49)(H,44,47)/t27?,37-,42?/m1/s1. The number of nitrogens with two attached hydrogens (primary N) is 1. The van der Waals surface area contributed by atoms with E-state index in [4.69, 9.17) is 19.6 Å². The monoisotopic (exact) mass is 700 g/mol. The summed E-state index contributed by atoms with van der Waals surface area (Å²) in [6, 6.07) is 18.4. The first kappa shape index (κ1) is 32.6. The van der Waals surface area contributed by atoms with E-state index in [1.807, 2.05) is 29.2 Å². The van der Waals surface area contributed by atoms with Gasteiger partial charge >= 0.3 is 6.09 Å². The van der Waals surface area contributed by atoms with E-state index in [0.717, 1.165) is 74.9 Å². The highest BCUT2D eigenvalue weighted by atomic mass is 16.6. The van der Waals surface area contributed by atoms with Crippen LogP contribution < -0.4 is 15.8 Å². The number of benzene rings is 3. The minimum Gasteiger partial charge on any atom is -0.496 e. The molecule has 268 valence electrons. The SMILES string of the molecule is COc1cc(C(=O)N2CC3CCC2(C(C)(C)C)[C@@H]3OC(N)=O)cc2oc(-c3cc4ccc(-c5ccc6c(c5)CNC6=O)cc4n3CC3CC3)c(C)c12. The molecule has 4 heterocycles. The number of rotatable bonds is 7. The van der Waals surface area contributed by atoms with Crippen LogP contribution in [0.4, 0.5) is 4.79 Å². The van der Waals surface area contributed by atoms with E-state index in [2.05, 4.69) is 67.9 Å². The van der Waals surface area contributed by atoms with Crippen LogP contribution in [-0.2, 0) is 17.8 Å². The zero-order valence-electron chi connectivity index (χ0n) is 30.3. The number of carbonyl (C=O) groups excluding carboxylic acids is 3. The van der Waals surface area contributed by atoms with Crippen molar-refractivity contribution in [3.63, 3.8) is 0 Å². The lowest BCUT2D eigenvalue weighted by molar-refractivity contribution is -0.0359. The van der Waals surface area contributed by atoms with Crippen LogP contribution in [0.5, 0.6) is 5.75 Å². The van der Waals surface area contributed by atoms with Crippen LogP contribution >= 0.6 is 0 Å². The number of aromatic nitrogens is 1. The highest BCUT2D eigenvalue weighted by Gasteiger charge is 2.66. The predicted octanol–water partition coefficient (Wildman–Crippen LogP) is 7.81. The van der Waals surface area contributed by atoms with Crippen molar-refractivity contribution < 1.29 is 28.3 Å². The third-order valence-corrected chi connectivity index (χ3v) is 12.3. The molecule has 5 aromatic rings. The third kappa shape index (κ3) is 4.79. The molecule has 1 saturated heterocycles. The molecule has 3 aromatic carbocycles. The highest BCUT2D eigenvalue weighted by Crippen LogP contribution is 2.57. The second-order valence-electron chi connectivity index (χ2n) is 16.3. The van der Waals surface area contributed by atoms with Crippen molar-refractivity contribution in [2.45, 2.75) is 78.1 Å². The maximum atomic E-state index is 14.6. The Morgan fingerprint density at radius 2 is 1.81 bits per heavy atom. The van der Waals surface area contributed by atoms with E-state index < -0.39 is 17.7 Å². The molecule has 2 aliphatic heterocycles. The normalized spacial score (nSPS) is 22.3. The summed E-state index contributed by atoms with van der Waals surface area (Å²) in [6.07, 6.45) is 2.71. The average molecular weight is 701 g/mol. The Balaban J connectivity index is 1.13. The molecule has 0 radical (unpaired) electrons. The summed E-state index contributed by atoms with van der Waals surface area (Å²) in [5, 5.41) is 4.87. The van der Waals surface area contributed by atoms with Crippen LogP contribution in [-0.4, -0.2) is 52.7 Å². The number of methoxy groups -OCH3 is 1. The Labute approximate surface area is 302 Å². The molecular weight excluding hydrogens is 656 g/mol. The zero-order valence-corrected chi connectivity index (χ0v) is 30.3. The molecule has 2 aromatic heterocycles. The lowest BCUT2D eigenvalue weighted by atomic mass is 9.70. The van der Waals surface area contributed by atoms with E-state index in [1.54, 1.807) is 7.11 Å². The van der Waals surface area contributed by atoms with Crippen LogP contribution in [0.15, 0.2) is 59.0 Å². The van der Waals surface area contributed by atoms with Gasteiger partial charge in [0.2, 0.25) is 0 Å². The first-order valence-corrected chi connectivity index (χ1v) is 18.3. The smallest absolute Gasteiger partial charge is 0.404 e. The number of primary amides is 1. The molecule has 0 spiro atoms. The molecule has 9 rings (SSSR count). The molecule has 4 aliphatic rings. The number of hydrogen-bond donors (Lipinski definition) is 2. The van der Waals surface area contributed by atoms with E-state index in [-0.39, 0.29) is 23.1 Å². The summed E-state index contributed by atoms with van der Waals surface area (Å²) in [5.41, 5.74) is 12.5. The van der Waals surface area contributed by atoms with Crippen LogP contribution in [0.3, 0.4) is 0 Å². The largest absolute Gasteiger partial charge is 0.496 e. The van der Waals surface area contributed by atoms with Crippen LogP contribution in [0, 0.1) is 24.2 Å². The molecule has 3 N–H and O–H groups in total. The Morgan fingerprint density at radius 3 is 2.54 bits per heavy atom. The Kier molecular flexibility index (Phi) is 7.14. The number of ether oxygens (including phenoxy) is 2. The van der Waals surface area contributed by atoms with E-state index in [1.165, 1.54) is 12.8 Å². The molecule has 10 nitrogen and oxygen atoms in total. The fourth-order valence-corrected chi connectivity index (χ4v) is 9.57. The fraction of sp³-hybridized carbons (Fsp3) is 0.405. The summed E-state index contributed by atoms with van der Waals surface area (Å²) in [5.74, 6) is 1.79. The topological polar surface area (TPSA) is 129 Å². The van der Waals surface area contributed by atoms with E-state index in [0.29, 0.717) is 35.9 Å². The van der Waals surface area contributed by atoms with Gasteiger partial charge in [-0.2, -0.15) is 0 Å². The van der Waals surface area contributed by atoms with Gasteiger partial charge in [-0.05, 0) is 97.0 Å². The minimum atomic E-state index is -0.810. The summed E-state index contributed by atoms with van der Waals surface area (Å²) in [4.78, 5) is 40.6. The quantitative estimate of drug-likeness (QED) is 0.178. The van der Waals surface area contributed by atoms with Gasteiger partial charge in [-0.1, -0.05) is 39.0 Å². The van der Waals surface area contributed by atoms with Crippen molar-refractivity contribution in [3.8, 4) is 28.3 Å². The number of aryl methyl sites for hydroxylation is 1. The average Bonchev–Trinajstić information content (AvgIpc) is 3.33.